The van der Waals surface area contributed by atoms with Gasteiger partial charge in [0.1, 0.15) is 12.4 Å². The third kappa shape index (κ3) is 6.32. The normalized spacial score (nSPS) is 17.2. The van der Waals surface area contributed by atoms with Crippen molar-refractivity contribution in [3.05, 3.63) is 77.9 Å². The van der Waals surface area contributed by atoms with Crippen molar-refractivity contribution in [2.75, 3.05) is 33.9 Å². The standard InChI is InChI=1S/C29H37N3O3/c1-22(30-29(33)32(3)28-15-9-10-18-31(28)2)24-16-17-27(26-14-8-7-13-25(24)26)35-20-19-34-21-23-11-5-4-6-12-23/h4-8,11-14,16-17,22,28H,9-10,15,18-21H2,1-3H3,(H,30,33). The summed E-state index contributed by atoms with van der Waals surface area (Å²) in [6.45, 7) is 4.63. The van der Waals surface area contributed by atoms with E-state index in [1.54, 1.807) is 0 Å². The third-order valence-corrected chi connectivity index (χ3v) is 6.82. The van der Waals surface area contributed by atoms with Gasteiger partial charge in [0.15, 0.2) is 0 Å². The molecule has 35 heavy (non-hydrogen) atoms. The predicted octanol–water partition coefficient (Wildman–Crippen LogP) is 5.58. The van der Waals surface area contributed by atoms with Crippen LogP contribution in [0.15, 0.2) is 66.7 Å². The number of benzene rings is 3. The number of nitrogens with one attached hydrogen (secondary N) is 1. The summed E-state index contributed by atoms with van der Waals surface area (Å²) >= 11 is 0. The highest BCUT2D eigenvalue weighted by Gasteiger charge is 2.27. The third-order valence-electron chi connectivity index (χ3n) is 6.82. The molecule has 3 aromatic rings. The van der Waals surface area contributed by atoms with Crippen LogP contribution in [-0.4, -0.2) is 55.9 Å². The van der Waals surface area contributed by atoms with E-state index in [1.165, 1.54) is 6.42 Å². The molecule has 0 aromatic heterocycles. The fourth-order valence-electron chi connectivity index (χ4n) is 4.82. The van der Waals surface area contributed by atoms with Crippen molar-refractivity contribution in [1.29, 1.82) is 0 Å². The molecular formula is C29H37N3O3. The Kier molecular flexibility index (Phi) is 8.61. The summed E-state index contributed by atoms with van der Waals surface area (Å²) in [6.07, 6.45) is 3.51. The van der Waals surface area contributed by atoms with Crippen molar-refractivity contribution in [3.8, 4) is 5.75 Å². The largest absolute Gasteiger partial charge is 0.491 e. The molecule has 1 N–H and O–H groups in total. The van der Waals surface area contributed by atoms with E-state index >= 15 is 0 Å². The van der Waals surface area contributed by atoms with Gasteiger partial charge in [-0.2, -0.15) is 0 Å². The Hall–Kier alpha value is -3.09. The van der Waals surface area contributed by atoms with Crippen LogP contribution in [-0.2, 0) is 11.3 Å². The Bertz CT molecular complexity index is 1100. The molecule has 186 valence electrons. The summed E-state index contributed by atoms with van der Waals surface area (Å²) in [5, 5.41) is 5.32. The van der Waals surface area contributed by atoms with Crippen LogP contribution >= 0.6 is 0 Å². The molecule has 2 unspecified atom stereocenters. The second kappa shape index (κ2) is 12.0. The Labute approximate surface area is 208 Å². The molecule has 1 aliphatic heterocycles. The zero-order valence-corrected chi connectivity index (χ0v) is 21.1. The van der Waals surface area contributed by atoms with Crippen LogP contribution in [0, 0.1) is 0 Å². The summed E-state index contributed by atoms with van der Waals surface area (Å²) in [5.41, 5.74) is 2.23. The first-order valence-electron chi connectivity index (χ1n) is 12.5. The van der Waals surface area contributed by atoms with Crippen LogP contribution in [0.3, 0.4) is 0 Å². The second-order valence-corrected chi connectivity index (χ2v) is 9.32. The van der Waals surface area contributed by atoms with E-state index in [1.807, 2.05) is 55.3 Å². The van der Waals surface area contributed by atoms with Crippen LogP contribution in [0.4, 0.5) is 4.79 Å². The van der Waals surface area contributed by atoms with E-state index in [-0.39, 0.29) is 18.2 Å². The van der Waals surface area contributed by atoms with Gasteiger partial charge in [0.25, 0.3) is 0 Å². The summed E-state index contributed by atoms with van der Waals surface area (Å²) in [7, 11) is 3.99. The molecule has 1 fully saturated rings. The van der Waals surface area contributed by atoms with Crippen LogP contribution < -0.4 is 10.1 Å². The quantitative estimate of drug-likeness (QED) is 0.411. The molecule has 1 aliphatic rings. The maximum atomic E-state index is 13.0. The van der Waals surface area contributed by atoms with Crippen molar-refractivity contribution in [1.82, 2.24) is 15.1 Å². The fourth-order valence-corrected chi connectivity index (χ4v) is 4.82. The number of rotatable bonds is 9. The number of carbonyl (C=O) groups excluding carboxylic acids is 1. The van der Waals surface area contributed by atoms with E-state index < -0.39 is 0 Å². The minimum Gasteiger partial charge on any atom is -0.491 e. The Morgan fingerprint density at radius 1 is 1.03 bits per heavy atom. The van der Waals surface area contributed by atoms with Gasteiger partial charge >= 0.3 is 6.03 Å². The zero-order chi connectivity index (χ0) is 24.6. The summed E-state index contributed by atoms with van der Waals surface area (Å²) in [6, 6.07) is 22.2. The number of piperidine rings is 1. The van der Waals surface area contributed by atoms with Gasteiger partial charge in [-0.3, -0.25) is 4.90 Å². The summed E-state index contributed by atoms with van der Waals surface area (Å²) in [5.74, 6) is 0.826. The number of ether oxygens (including phenoxy) is 2. The van der Waals surface area contributed by atoms with Gasteiger partial charge in [-0.05, 0) is 62.4 Å². The highest BCUT2D eigenvalue weighted by Crippen LogP contribution is 2.32. The maximum absolute atomic E-state index is 13.0. The molecule has 1 saturated heterocycles. The summed E-state index contributed by atoms with van der Waals surface area (Å²) in [4.78, 5) is 17.1. The average molecular weight is 476 g/mol. The minimum absolute atomic E-state index is 0.0452. The lowest BCUT2D eigenvalue weighted by molar-refractivity contribution is 0.0697. The number of likely N-dealkylation sites (tertiary alicyclic amines) is 1. The number of hydrogen-bond donors (Lipinski definition) is 1. The van der Waals surface area contributed by atoms with Crippen LogP contribution in [0.25, 0.3) is 10.8 Å². The monoisotopic (exact) mass is 475 g/mol. The number of amides is 2. The molecule has 3 aromatic carbocycles. The first-order valence-corrected chi connectivity index (χ1v) is 12.5. The van der Waals surface area contributed by atoms with Crippen molar-refractivity contribution in [2.45, 2.75) is 45.0 Å². The van der Waals surface area contributed by atoms with Crippen molar-refractivity contribution in [2.24, 2.45) is 0 Å². The van der Waals surface area contributed by atoms with Crippen molar-refractivity contribution < 1.29 is 14.3 Å². The van der Waals surface area contributed by atoms with E-state index in [4.69, 9.17) is 9.47 Å². The smallest absolute Gasteiger partial charge is 0.318 e. The summed E-state index contributed by atoms with van der Waals surface area (Å²) < 4.78 is 11.8. The molecule has 2 amide bonds. The van der Waals surface area contributed by atoms with Gasteiger partial charge in [0, 0.05) is 12.4 Å². The Balaban J connectivity index is 1.38. The van der Waals surface area contributed by atoms with E-state index in [2.05, 4.69) is 47.6 Å². The maximum Gasteiger partial charge on any atom is 0.318 e. The lowest BCUT2D eigenvalue weighted by Gasteiger charge is -2.39. The lowest BCUT2D eigenvalue weighted by Crippen LogP contribution is -2.52. The first kappa shape index (κ1) is 25.0. The number of carbonyl (C=O) groups is 1. The zero-order valence-electron chi connectivity index (χ0n) is 21.1. The molecular weight excluding hydrogens is 438 g/mol. The average Bonchev–Trinajstić information content (AvgIpc) is 2.89. The van der Waals surface area contributed by atoms with Crippen molar-refractivity contribution >= 4 is 16.8 Å². The van der Waals surface area contributed by atoms with Gasteiger partial charge in [-0.25, -0.2) is 4.79 Å². The molecule has 0 radical (unpaired) electrons. The van der Waals surface area contributed by atoms with E-state index in [0.29, 0.717) is 19.8 Å². The van der Waals surface area contributed by atoms with Crippen LogP contribution in [0.2, 0.25) is 0 Å². The Morgan fingerprint density at radius 3 is 2.54 bits per heavy atom. The molecule has 6 nitrogen and oxygen atoms in total. The van der Waals surface area contributed by atoms with Gasteiger partial charge < -0.3 is 19.7 Å². The van der Waals surface area contributed by atoms with E-state index in [9.17, 15) is 4.79 Å². The Morgan fingerprint density at radius 2 is 1.77 bits per heavy atom. The SMILES string of the molecule is CC(NC(=O)N(C)C1CCCCN1C)c1ccc(OCCOCc2ccccc2)c2ccccc12. The lowest BCUT2D eigenvalue weighted by atomic mass is 9.99. The van der Waals surface area contributed by atoms with Gasteiger partial charge in [-0.15, -0.1) is 0 Å². The van der Waals surface area contributed by atoms with E-state index in [0.717, 1.165) is 47.0 Å². The predicted molar refractivity (Wildman–Crippen MR) is 141 cm³/mol. The molecule has 1 heterocycles. The molecule has 2 atom stereocenters. The molecule has 0 bridgehead atoms. The fraction of sp³-hybridized carbons (Fsp3) is 0.414. The molecule has 0 saturated carbocycles. The van der Waals surface area contributed by atoms with Gasteiger partial charge in [0.05, 0.1) is 25.4 Å². The number of fused-ring (bicyclic) bond motifs is 1. The minimum atomic E-state index is -0.132. The molecule has 0 aliphatic carbocycles. The molecule has 6 heteroatoms. The highest BCUT2D eigenvalue weighted by atomic mass is 16.5. The molecule has 0 spiro atoms. The second-order valence-electron chi connectivity index (χ2n) is 9.32. The van der Waals surface area contributed by atoms with Gasteiger partial charge in [0.2, 0.25) is 0 Å². The van der Waals surface area contributed by atoms with Crippen molar-refractivity contribution in [3.63, 3.8) is 0 Å². The first-order chi connectivity index (χ1) is 17.0. The van der Waals surface area contributed by atoms with Crippen LogP contribution in [0.1, 0.15) is 43.4 Å². The topological polar surface area (TPSA) is 54.0 Å². The highest BCUT2D eigenvalue weighted by molar-refractivity contribution is 5.91. The number of urea groups is 1. The number of nitrogens with zero attached hydrogens (tertiary/aromatic N) is 2. The van der Waals surface area contributed by atoms with Gasteiger partial charge in [-0.1, -0.05) is 60.7 Å². The number of hydrogen-bond acceptors (Lipinski definition) is 4. The van der Waals surface area contributed by atoms with Crippen LogP contribution in [0.5, 0.6) is 5.75 Å². The molecule has 4 rings (SSSR count).